The monoisotopic (exact) mass is 327 g/mol. The topological polar surface area (TPSA) is 37.1 Å². The third-order valence-electron chi connectivity index (χ3n) is 1.24. The van der Waals surface area contributed by atoms with Gasteiger partial charge in [-0.15, -0.1) is 35.9 Å². The van der Waals surface area contributed by atoms with Crippen LogP contribution in [0.25, 0.3) is 0 Å². The molecule has 12 heteroatoms. The van der Waals surface area contributed by atoms with E-state index in [1.54, 1.807) is 19.6 Å². The first-order valence-electron chi connectivity index (χ1n) is 4.27. The molecule has 0 radical (unpaired) electrons. The second kappa shape index (κ2) is 4.34. The summed E-state index contributed by atoms with van der Waals surface area (Å²) in [6.45, 7) is 5.17. The molecule has 0 spiro atoms. The second-order valence-electron chi connectivity index (χ2n) is 4.19. The third-order valence-corrected chi connectivity index (χ3v) is 8.06. The molecule has 0 amide bonds. The van der Waals surface area contributed by atoms with Crippen molar-refractivity contribution >= 4 is 31.2 Å². The van der Waals surface area contributed by atoms with E-state index in [0.29, 0.717) is 0 Å². The van der Waals surface area contributed by atoms with Gasteiger partial charge in [0, 0.05) is 0 Å². The summed E-state index contributed by atoms with van der Waals surface area (Å²) in [6, 6.07) is 0. The standard InChI is InChI=1S/C5H9F5N3P3Si/c1-17(2,3)5-4-14(6)11-15(7,8)13-16(9,10)12-14/h1-3H3. The molecule has 0 aromatic rings. The average molecular weight is 327 g/mol. The van der Waals surface area contributed by atoms with Crippen molar-refractivity contribution in [2.45, 2.75) is 19.6 Å². The summed E-state index contributed by atoms with van der Waals surface area (Å²) in [5, 5.41) is 0. The van der Waals surface area contributed by atoms with Gasteiger partial charge >= 0.3 is 23.2 Å². The smallest absolute Gasteiger partial charge is 0.168 e. The molecule has 0 saturated carbocycles. The van der Waals surface area contributed by atoms with Crippen molar-refractivity contribution in [3.8, 4) is 11.2 Å². The molecule has 0 aliphatic carbocycles. The Kier molecular flexibility index (Phi) is 3.88. The van der Waals surface area contributed by atoms with Crippen molar-refractivity contribution < 1.29 is 21.0 Å². The first-order valence-corrected chi connectivity index (χ1v) is 12.3. The van der Waals surface area contributed by atoms with E-state index >= 15 is 0 Å². The van der Waals surface area contributed by atoms with Crippen LogP contribution in [0.5, 0.6) is 0 Å². The van der Waals surface area contributed by atoms with E-state index < -0.39 is 31.2 Å². The maximum Gasteiger partial charge on any atom is 0.424 e. The Labute approximate surface area is 97.2 Å². The van der Waals surface area contributed by atoms with E-state index in [-0.39, 0.29) is 0 Å². The molecule has 0 saturated heterocycles. The van der Waals surface area contributed by atoms with Gasteiger partial charge in [0.1, 0.15) is 8.07 Å². The van der Waals surface area contributed by atoms with Gasteiger partial charge in [0.25, 0.3) is 0 Å². The van der Waals surface area contributed by atoms with E-state index in [4.69, 9.17) is 0 Å². The third kappa shape index (κ3) is 5.09. The Morgan fingerprint density at radius 3 is 1.71 bits per heavy atom. The molecule has 17 heavy (non-hydrogen) atoms. The van der Waals surface area contributed by atoms with Gasteiger partial charge in [0.2, 0.25) is 0 Å². The summed E-state index contributed by atoms with van der Waals surface area (Å²) in [7, 11) is -18.1. The number of hydrogen-bond acceptors (Lipinski definition) is 3. The lowest BCUT2D eigenvalue weighted by Crippen LogP contribution is -2.16. The van der Waals surface area contributed by atoms with Crippen LogP contribution in [0.3, 0.4) is 0 Å². The van der Waals surface area contributed by atoms with E-state index in [1.807, 2.05) is 10.2 Å². The lowest BCUT2D eigenvalue weighted by atomic mass is 11.4. The van der Waals surface area contributed by atoms with Gasteiger partial charge in [-0.25, -0.2) is 0 Å². The van der Waals surface area contributed by atoms with Crippen LogP contribution in [0, 0.1) is 11.2 Å². The fourth-order valence-corrected chi connectivity index (χ4v) is 7.73. The van der Waals surface area contributed by atoms with Crippen LogP contribution in [0.4, 0.5) is 21.0 Å². The van der Waals surface area contributed by atoms with Crippen LogP contribution in [0.15, 0.2) is 13.5 Å². The predicted molar refractivity (Wildman–Crippen MR) is 64.7 cm³/mol. The van der Waals surface area contributed by atoms with Crippen LogP contribution in [0.2, 0.25) is 19.6 Å². The van der Waals surface area contributed by atoms with E-state index in [1.165, 1.54) is 0 Å². The minimum atomic E-state index is -5.62. The summed E-state index contributed by atoms with van der Waals surface area (Å²) in [5.74, 6) is 0. The molecule has 0 N–H and O–H groups in total. The Morgan fingerprint density at radius 1 is 0.824 bits per heavy atom. The molecular weight excluding hydrogens is 318 g/mol. The molecule has 1 heterocycles. The fourth-order valence-electron chi connectivity index (χ4n) is 0.752. The first kappa shape index (κ1) is 15.2. The summed E-state index contributed by atoms with van der Waals surface area (Å²) in [5.41, 5.74) is 4.22. The van der Waals surface area contributed by atoms with Crippen LogP contribution >= 0.6 is 23.2 Å². The number of halogens is 5. The highest BCUT2D eigenvalue weighted by atomic mass is 31.3. The lowest BCUT2D eigenvalue weighted by Gasteiger charge is -2.12. The van der Waals surface area contributed by atoms with Crippen molar-refractivity contribution in [2.24, 2.45) is 13.5 Å². The van der Waals surface area contributed by atoms with Gasteiger partial charge in [-0.05, 0) is 5.66 Å². The minimum Gasteiger partial charge on any atom is -0.168 e. The van der Waals surface area contributed by atoms with Crippen LogP contribution < -0.4 is 0 Å². The zero-order chi connectivity index (χ0) is 13.5. The Hall–Kier alpha value is 0.117. The summed E-state index contributed by atoms with van der Waals surface area (Å²) >= 11 is 0. The van der Waals surface area contributed by atoms with Gasteiger partial charge in [-0.1, -0.05) is 19.6 Å². The van der Waals surface area contributed by atoms with Crippen molar-refractivity contribution in [1.29, 1.82) is 0 Å². The average Bonchev–Trinajstić information content (AvgIpc) is 1.92. The molecule has 1 aliphatic rings. The molecule has 1 rings (SSSR count). The Balaban J connectivity index is 3.42. The number of nitrogens with zero attached hydrogens (tertiary/aromatic N) is 3. The predicted octanol–water partition coefficient (Wildman–Crippen LogP) is 6.61. The van der Waals surface area contributed by atoms with Gasteiger partial charge in [-0.2, -0.15) is 4.20 Å². The normalized spacial score (nSPS) is 30.1. The zero-order valence-corrected chi connectivity index (χ0v) is 12.8. The number of rotatable bonds is 0. The molecule has 98 valence electrons. The lowest BCUT2D eigenvalue weighted by molar-refractivity contribution is 0.698. The van der Waals surface area contributed by atoms with Gasteiger partial charge in [-0.3, -0.25) is 0 Å². The Morgan fingerprint density at radius 2 is 1.29 bits per heavy atom. The van der Waals surface area contributed by atoms with Crippen molar-refractivity contribution in [3.05, 3.63) is 0 Å². The molecule has 0 bridgehead atoms. The highest BCUT2D eigenvalue weighted by Crippen LogP contribution is 2.81. The second-order valence-corrected chi connectivity index (χ2v) is 14.2. The number of hydrogen-bond donors (Lipinski definition) is 0. The van der Waals surface area contributed by atoms with Crippen LogP contribution in [0.1, 0.15) is 0 Å². The highest BCUT2D eigenvalue weighted by Gasteiger charge is 2.38. The summed E-state index contributed by atoms with van der Waals surface area (Å²) in [4.78, 5) is 0. The van der Waals surface area contributed by atoms with Crippen LogP contribution in [-0.4, -0.2) is 8.07 Å². The summed E-state index contributed by atoms with van der Waals surface area (Å²) in [6.07, 6.45) is 0. The van der Waals surface area contributed by atoms with Gasteiger partial charge < -0.3 is 0 Å². The minimum absolute atomic E-state index is 1.72. The highest BCUT2D eigenvalue weighted by molar-refractivity contribution is 7.81. The molecule has 0 aromatic carbocycles. The van der Waals surface area contributed by atoms with Gasteiger partial charge in [0.05, 0.1) is 0 Å². The van der Waals surface area contributed by atoms with Crippen molar-refractivity contribution in [3.63, 3.8) is 0 Å². The maximum absolute atomic E-state index is 13.8. The van der Waals surface area contributed by atoms with E-state index in [0.717, 1.165) is 0 Å². The largest absolute Gasteiger partial charge is 0.424 e. The molecular formula is C5H9F5N3P3Si. The molecule has 0 fully saturated rings. The zero-order valence-electron chi connectivity index (χ0n) is 9.07. The first-order chi connectivity index (χ1) is 7.33. The van der Waals surface area contributed by atoms with E-state index in [2.05, 4.69) is 14.6 Å². The van der Waals surface area contributed by atoms with Crippen molar-refractivity contribution in [2.75, 3.05) is 0 Å². The summed E-state index contributed by atoms with van der Waals surface area (Å²) < 4.78 is 71.8. The SMILES string of the molecule is C[Si](C)(C)C#CP1(F)=NP(F)(F)=NP(F)(F)=N1. The van der Waals surface area contributed by atoms with Gasteiger partial charge in [0.15, 0.2) is 0 Å². The molecule has 1 atom stereocenters. The Bertz CT molecular complexity index is 548. The molecule has 3 nitrogen and oxygen atoms in total. The van der Waals surface area contributed by atoms with Crippen molar-refractivity contribution in [1.82, 2.24) is 0 Å². The van der Waals surface area contributed by atoms with Crippen LogP contribution in [-0.2, 0) is 0 Å². The van der Waals surface area contributed by atoms with E-state index in [9.17, 15) is 21.0 Å². The molecule has 1 unspecified atom stereocenters. The molecule has 0 aromatic heterocycles. The quantitative estimate of drug-likeness (QED) is 0.208. The molecule has 1 aliphatic heterocycles. The maximum atomic E-state index is 13.8. The fraction of sp³-hybridized carbons (Fsp3) is 0.600.